The van der Waals surface area contributed by atoms with E-state index in [1.165, 1.54) is 19.1 Å². The lowest BCUT2D eigenvalue weighted by Crippen LogP contribution is -2.10. The predicted octanol–water partition coefficient (Wildman–Crippen LogP) is 4.81. The molecule has 0 saturated carbocycles. The average molecular weight is 374 g/mol. The number of hydrogen-bond acceptors (Lipinski definition) is 3. The Balaban J connectivity index is 2.33. The van der Waals surface area contributed by atoms with Crippen LogP contribution in [0.1, 0.15) is 22.8 Å². The van der Waals surface area contributed by atoms with Gasteiger partial charge in [-0.3, -0.25) is 4.79 Å². The fourth-order valence-electron chi connectivity index (χ4n) is 1.95. The van der Waals surface area contributed by atoms with Crippen molar-refractivity contribution < 1.29 is 32.6 Å². The Morgan fingerprint density at radius 3 is 2.36 bits per heavy atom. The van der Waals surface area contributed by atoms with E-state index in [2.05, 4.69) is 5.32 Å². The number of nitrogens with one attached hydrogen (secondary N) is 1. The second-order valence-electron chi connectivity index (χ2n) is 4.94. The standard InChI is InChI=1S/C16H11ClF3NO4/c1-8(22)21-13-4-3-10(7-11(13)15(23)24)25-14-5-2-9(6-12(14)17)16(18,19)20/h2-7H,1H3,(H,21,22)(H,23,24). The van der Waals surface area contributed by atoms with E-state index in [9.17, 15) is 27.9 Å². The SMILES string of the molecule is CC(=O)Nc1ccc(Oc2ccc(C(F)(F)F)cc2Cl)cc1C(=O)O. The minimum absolute atomic E-state index is 0.0353. The summed E-state index contributed by atoms with van der Waals surface area (Å²) in [6.45, 7) is 1.22. The van der Waals surface area contributed by atoms with E-state index < -0.39 is 23.6 Å². The van der Waals surface area contributed by atoms with Crippen LogP contribution in [0.2, 0.25) is 5.02 Å². The van der Waals surface area contributed by atoms with Crippen molar-refractivity contribution in [2.45, 2.75) is 13.1 Å². The maximum absolute atomic E-state index is 12.6. The number of carbonyl (C=O) groups is 2. The van der Waals surface area contributed by atoms with Crippen LogP contribution in [0.25, 0.3) is 0 Å². The Bertz CT molecular complexity index is 837. The van der Waals surface area contributed by atoms with Gasteiger partial charge in [0.1, 0.15) is 11.5 Å². The van der Waals surface area contributed by atoms with Gasteiger partial charge in [-0.2, -0.15) is 13.2 Å². The number of halogens is 4. The molecule has 132 valence electrons. The molecule has 0 aliphatic carbocycles. The topological polar surface area (TPSA) is 75.6 Å². The zero-order chi connectivity index (χ0) is 18.8. The summed E-state index contributed by atoms with van der Waals surface area (Å²) in [7, 11) is 0. The molecule has 0 atom stereocenters. The molecule has 0 saturated heterocycles. The van der Waals surface area contributed by atoms with Gasteiger partial charge in [-0.15, -0.1) is 0 Å². The molecule has 0 aliphatic heterocycles. The first kappa shape index (κ1) is 18.6. The van der Waals surface area contributed by atoms with E-state index in [0.717, 1.165) is 18.2 Å². The Morgan fingerprint density at radius 2 is 1.84 bits per heavy atom. The molecule has 2 aromatic rings. The molecule has 0 spiro atoms. The summed E-state index contributed by atoms with van der Waals surface area (Å²) in [4.78, 5) is 22.3. The normalized spacial score (nSPS) is 11.1. The monoisotopic (exact) mass is 373 g/mol. The number of amides is 1. The minimum Gasteiger partial charge on any atom is -0.478 e. The summed E-state index contributed by atoms with van der Waals surface area (Å²) in [5, 5.41) is 11.3. The summed E-state index contributed by atoms with van der Waals surface area (Å²) >= 11 is 5.79. The van der Waals surface area contributed by atoms with Crippen molar-refractivity contribution in [2.24, 2.45) is 0 Å². The molecule has 2 rings (SSSR count). The van der Waals surface area contributed by atoms with Crippen molar-refractivity contribution in [3.8, 4) is 11.5 Å². The molecular formula is C16H11ClF3NO4. The van der Waals surface area contributed by atoms with Crippen LogP contribution in [0, 0.1) is 0 Å². The van der Waals surface area contributed by atoms with Crippen molar-refractivity contribution in [1.82, 2.24) is 0 Å². The highest BCUT2D eigenvalue weighted by atomic mass is 35.5. The maximum atomic E-state index is 12.6. The van der Waals surface area contributed by atoms with E-state index in [1.807, 2.05) is 0 Å². The van der Waals surface area contributed by atoms with E-state index >= 15 is 0 Å². The van der Waals surface area contributed by atoms with Crippen molar-refractivity contribution >= 4 is 29.2 Å². The molecule has 25 heavy (non-hydrogen) atoms. The van der Waals surface area contributed by atoms with Gasteiger partial charge in [0.05, 0.1) is 21.8 Å². The van der Waals surface area contributed by atoms with Gasteiger partial charge in [-0.1, -0.05) is 11.6 Å². The highest BCUT2D eigenvalue weighted by molar-refractivity contribution is 6.32. The lowest BCUT2D eigenvalue weighted by Gasteiger charge is -2.13. The van der Waals surface area contributed by atoms with E-state index in [0.29, 0.717) is 6.07 Å². The molecule has 0 aliphatic rings. The third-order valence-corrected chi connectivity index (χ3v) is 3.31. The van der Waals surface area contributed by atoms with Crippen LogP contribution in [0.15, 0.2) is 36.4 Å². The second kappa shape index (κ2) is 7.02. The average Bonchev–Trinajstić information content (AvgIpc) is 2.49. The lowest BCUT2D eigenvalue weighted by atomic mass is 10.1. The molecule has 0 bridgehead atoms. The van der Waals surface area contributed by atoms with Crippen molar-refractivity contribution in [3.63, 3.8) is 0 Å². The van der Waals surface area contributed by atoms with Crippen molar-refractivity contribution in [1.29, 1.82) is 0 Å². The molecule has 5 nitrogen and oxygen atoms in total. The van der Waals surface area contributed by atoms with E-state index in [1.54, 1.807) is 0 Å². The van der Waals surface area contributed by atoms with Crippen molar-refractivity contribution in [3.05, 3.63) is 52.5 Å². The maximum Gasteiger partial charge on any atom is 0.416 e. The summed E-state index contributed by atoms with van der Waals surface area (Å²) in [6.07, 6.45) is -4.54. The number of carboxylic acid groups (broad SMARTS) is 1. The van der Waals surface area contributed by atoms with Crippen molar-refractivity contribution in [2.75, 3.05) is 5.32 Å². The number of carboxylic acids is 1. The number of hydrogen-bond donors (Lipinski definition) is 2. The Morgan fingerprint density at radius 1 is 1.16 bits per heavy atom. The number of rotatable bonds is 4. The molecule has 1 amide bonds. The third-order valence-electron chi connectivity index (χ3n) is 3.02. The summed E-state index contributed by atoms with van der Waals surface area (Å²) in [5.41, 5.74) is -1.11. The van der Waals surface area contributed by atoms with Gasteiger partial charge in [-0.25, -0.2) is 4.79 Å². The van der Waals surface area contributed by atoms with Gasteiger partial charge in [-0.05, 0) is 36.4 Å². The first-order valence-corrected chi connectivity index (χ1v) is 7.15. The van der Waals surface area contributed by atoms with Gasteiger partial charge in [0.15, 0.2) is 0 Å². The zero-order valence-electron chi connectivity index (χ0n) is 12.6. The first-order valence-electron chi connectivity index (χ1n) is 6.77. The van der Waals surface area contributed by atoms with Gasteiger partial charge < -0.3 is 15.2 Å². The smallest absolute Gasteiger partial charge is 0.416 e. The number of aromatic carboxylic acids is 1. The number of ether oxygens (including phenoxy) is 1. The zero-order valence-corrected chi connectivity index (χ0v) is 13.4. The van der Waals surface area contributed by atoms with Crippen LogP contribution < -0.4 is 10.1 Å². The van der Waals surface area contributed by atoms with Gasteiger partial charge >= 0.3 is 12.1 Å². The molecular weight excluding hydrogens is 363 g/mol. The Hall–Kier alpha value is -2.74. The third kappa shape index (κ3) is 4.63. The minimum atomic E-state index is -4.54. The second-order valence-corrected chi connectivity index (χ2v) is 5.35. The largest absolute Gasteiger partial charge is 0.478 e. The molecule has 0 heterocycles. The number of anilines is 1. The molecule has 2 aromatic carbocycles. The van der Waals surface area contributed by atoms with Crippen LogP contribution >= 0.6 is 11.6 Å². The highest BCUT2D eigenvalue weighted by Crippen LogP contribution is 2.37. The molecule has 0 fully saturated rings. The van der Waals surface area contributed by atoms with E-state index in [-0.39, 0.29) is 27.8 Å². The first-order chi connectivity index (χ1) is 11.6. The predicted molar refractivity (Wildman–Crippen MR) is 84.2 cm³/mol. The van der Waals surface area contributed by atoms with Gasteiger partial charge in [0.25, 0.3) is 0 Å². The number of benzene rings is 2. The highest BCUT2D eigenvalue weighted by Gasteiger charge is 2.31. The van der Waals surface area contributed by atoms with Crippen LogP contribution in [0.3, 0.4) is 0 Å². The van der Waals surface area contributed by atoms with Crippen LogP contribution in [0.4, 0.5) is 18.9 Å². The summed E-state index contributed by atoms with van der Waals surface area (Å²) < 4.78 is 43.2. The van der Waals surface area contributed by atoms with Gasteiger partial charge in [0.2, 0.25) is 5.91 Å². The Labute approximate surface area is 145 Å². The summed E-state index contributed by atoms with van der Waals surface area (Å²) in [5.74, 6) is -1.80. The molecule has 0 radical (unpaired) electrons. The van der Waals surface area contributed by atoms with Crippen LogP contribution in [0.5, 0.6) is 11.5 Å². The van der Waals surface area contributed by atoms with E-state index in [4.69, 9.17) is 16.3 Å². The Kier molecular flexibility index (Phi) is 5.22. The number of alkyl halides is 3. The lowest BCUT2D eigenvalue weighted by molar-refractivity contribution is -0.137. The molecule has 0 aromatic heterocycles. The molecule has 0 unspecified atom stereocenters. The molecule has 9 heteroatoms. The van der Waals surface area contributed by atoms with Crippen LogP contribution in [-0.4, -0.2) is 17.0 Å². The fourth-order valence-corrected chi connectivity index (χ4v) is 2.17. The van der Waals surface area contributed by atoms with Crippen LogP contribution in [-0.2, 0) is 11.0 Å². The quantitative estimate of drug-likeness (QED) is 0.806. The van der Waals surface area contributed by atoms with Gasteiger partial charge in [0, 0.05) is 6.92 Å². The fraction of sp³-hybridized carbons (Fsp3) is 0.125. The number of carbonyl (C=O) groups excluding carboxylic acids is 1. The summed E-state index contributed by atoms with van der Waals surface area (Å²) in [6, 6.07) is 6.32. The molecule has 2 N–H and O–H groups in total.